The van der Waals surface area contributed by atoms with E-state index in [9.17, 15) is 9.59 Å². The molecule has 0 saturated carbocycles. The maximum Gasteiger partial charge on any atom is 0.410 e. The number of allylic oxidation sites excluding steroid dienone is 1. The summed E-state index contributed by atoms with van der Waals surface area (Å²) in [6.45, 7) is 5.77. The number of rotatable bonds is 7. The molecule has 192 valence electrons. The van der Waals surface area contributed by atoms with Crippen LogP contribution in [0.4, 0.5) is 9.59 Å². The van der Waals surface area contributed by atoms with E-state index in [2.05, 4.69) is 36.6 Å². The van der Waals surface area contributed by atoms with Gasteiger partial charge in [-0.3, -0.25) is 0 Å². The first kappa shape index (κ1) is 26.0. The number of nitrogens with one attached hydrogen (secondary N) is 2. The average molecular weight is 498 g/mol. The predicted octanol–water partition coefficient (Wildman–Crippen LogP) is 6.24. The molecule has 6 nitrogen and oxygen atoms in total. The molecule has 2 N–H and O–H groups in total. The van der Waals surface area contributed by atoms with E-state index in [4.69, 9.17) is 4.74 Å². The zero-order chi connectivity index (χ0) is 26.1. The minimum Gasteiger partial charge on any atom is -0.445 e. The number of benzene rings is 3. The molecule has 37 heavy (non-hydrogen) atoms. The average Bonchev–Trinajstić information content (AvgIpc) is 2.92. The van der Waals surface area contributed by atoms with Gasteiger partial charge in [0.05, 0.1) is 5.54 Å². The Morgan fingerprint density at radius 1 is 0.892 bits per heavy atom. The molecule has 1 aliphatic rings. The SMILES string of the molecule is CC(C)=Cc1ccccc1CNC(=O)NC1(c2ccccc2)CCN(C(=O)OCc2ccccc2)CC1. The van der Waals surface area contributed by atoms with E-state index < -0.39 is 5.54 Å². The number of amides is 3. The molecular formula is C31H35N3O3. The Kier molecular flexibility index (Phi) is 8.62. The summed E-state index contributed by atoms with van der Waals surface area (Å²) >= 11 is 0. The molecule has 3 aromatic rings. The third kappa shape index (κ3) is 7.00. The van der Waals surface area contributed by atoms with E-state index in [-0.39, 0.29) is 18.7 Å². The van der Waals surface area contributed by atoms with Gasteiger partial charge in [-0.25, -0.2) is 9.59 Å². The number of hydrogen-bond donors (Lipinski definition) is 2. The Hall–Kier alpha value is -4.06. The lowest BCUT2D eigenvalue weighted by molar-refractivity contribution is 0.0734. The summed E-state index contributed by atoms with van der Waals surface area (Å²) in [5, 5.41) is 6.29. The minimum atomic E-state index is -0.568. The fraction of sp³-hybridized carbons (Fsp3) is 0.290. The Balaban J connectivity index is 1.40. The monoisotopic (exact) mass is 497 g/mol. The summed E-state index contributed by atoms with van der Waals surface area (Å²) in [4.78, 5) is 27.6. The summed E-state index contributed by atoms with van der Waals surface area (Å²) in [5.74, 6) is 0. The van der Waals surface area contributed by atoms with Crippen molar-refractivity contribution in [3.63, 3.8) is 0 Å². The lowest BCUT2D eigenvalue weighted by Gasteiger charge is -2.42. The van der Waals surface area contributed by atoms with E-state index in [0.29, 0.717) is 32.5 Å². The van der Waals surface area contributed by atoms with Gasteiger partial charge >= 0.3 is 12.1 Å². The molecule has 1 aliphatic heterocycles. The molecule has 1 fully saturated rings. The van der Waals surface area contributed by atoms with Gasteiger partial charge in [0.2, 0.25) is 0 Å². The van der Waals surface area contributed by atoms with Crippen molar-refractivity contribution in [2.75, 3.05) is 13.1 Å². The predicted molar refractivity (Wildman–Crippen MR) is 147 cm³/mol. The summed E-state index contributed by atoms with van der Waals surface area (Å²) in [6.07, 6.45) is 2.98. The Labute approximate surface area is 219 Å². The second-order valence-electron chi connectivity index (χ2n) is 9.70. The number of likely N-dealkylation sites (tertiary alicyclic amines) is 1. The number of piperidine rings is 1. The van der Waals surface area contributed by atoms with Gasteiger partial charge in [0.25, 0.3) is 0 Å². The third-order valence-electron chi connectivity index (χ3n) is 6.70. The molecule has 1 saturated heterocycles. The summed E-state index contributed by atoms with van der Waals surface area (Å²) < 4.78 is 5.53. The first-order valence-corrected chi connectivity index (χ1v) is 12.8. The maximum atomic E-state index is 13.1. The molecule has 0 unspecified atom stereocenters. The number of hydrogen-bond acceptors (Lipinski definition) is 3. The Morgan fingerprint density at radius 2 is 1.51 bits per heavy atom. The highest BCUT2D eigenvalue weighted by atomic mass is 16.6. The summed E-state index contributed by atoms with van der Waals surface area (Å²) in [7, 11) is 0. The smallest absolute Gasteiger partial charge is 0.410 e. The van der Waals surface area contributed by atoms with E-state index >= 15 is 0 Å². The number of nitrogens with zero attached hydrogens (tertiary/aromatic N) is 1. The van der Waals surface area contributed by atoms with Crippen molar-refractivity contribution < 1.29 is 14.3 Å². The van der Waals surface area contributed by atoms with Crippen LogP contribution in [0.2, 0.25) is 0 Å². The van der Waals surface area contributed by atoms with Crippen LogP contribution in [-0.2, 0) is 23.4 Å². The van der Waals surface area contributed by atoms with E-state index in [1.165, 1.54) is 5.57 Å². The van der Waals surface area contributed by atoms with Crippen molar-refractivity contribution in [2.45, 2.75) is 45.4 Å². The lowest BCUT2D eigenvalue weighted by atomic mass is 9.81. The number of carbonyl (C=O) groups excluding carboxylic acids is 2. The van der Waals surface area contributed by atoms with Crippen LogP contribution < -0.4 is 10.6 Å². The summed E-state index contributed by atoms with van der Waals surface area (Å²) in [5.41, 5.74) is 4.78. The molecule has 0 spiro atoms. The molecular weight excluding hydrogens is 462 g/mol. The van der Waals surface area contributed by atoms with Crippen molar-refractivity contribution in [1.29, 1.82) is 0 Å². The van der Waals surface area contributed by atoms with Crippen LogP contribution in [0.25, 0.3) is 6.08 Å². The van der Waals surface area contributed by atoms with Crippen LogP contribution in [0.3, 0.4) is 0 Å². The molecule has 0 aromatic heterocycles. The topological polar surface area (TPSA) is 70.7 Å². The van der Waals surface area contributed by atoms with Gasteiger partial charge in [0, 0.05) is 19.6 Å². The van der Waals surface area contributed by atoms with Crippen LogP contribution in [0, 0.1) is 0 Å². The highest BCUT2D eigenvalue weighted by molar-refractivity contribution is 5.75. The Bertz CT molecular complexity index is 1210. The maximum absolute atomic E-state index is 13.1. The molecule has 0 bridgehead atoms. The van der Waals surface area contributed by atoms with Crippen LogP contribution in [0.1, 0.15) is 48.9 Å². The molecule has 6 heteroatoms. The second kappa shape index (κ2) is 12.3. The van der Waals surface area contributed by atoms with Crippen LogP contribution in [0.15, 0.2) is 90.5 Å². The van der Waals surface area contributed by atoms with Gasteiger partial charge in [-0.15, -0.1) is 0 Å². The molecule has 0 radical (unpaired) electrons. The molecule has 0 atom stereocenters. The van der Waals surface area contributed by atoms with Crippen molar-refractivity contribution >= 4 is 18.2 Å². The molecule has 1 heterocycles. The van der Waals surface area contributed by atoms with Crippen molar-refractivity contribution in [3.05, 3.63) is 113 Å². The fourth-order valence-electron chi connectivity index (χ4n) is 4.71. The zero-order valence-electron chi connectivity index (χ0n) is 21.6. The van der Waals surface area contributed by atoms with Crippen molar-refractivity contribution in [1.82, 2.24) is 15.5 Å². The van der Waals surface area contributed by atoms with E-state index in [1.807, 2.05) is 78.9 Å². The normalized spacial score (nSPS) is 14.4. The zero-order valence-corrected chi connectivity index (χ0v) is 21.6. The fourth-order valence-corrected chi connectivity index (χ4v) is 4.71. The highest BCUT2D eigenvalue weighted by Gasteiger charge is 2.39. The van der Waals surface area contributed by atoms with Crippen molar-refractivity contribution in [2.24, 2.45) is 0 Å². The molecule has 3 amide bonds. The highest BCUT2D eigenvalue weighted by Crippen LogP contribution is 2.33. The standard InChI is InChI=1S/C31H35N3O3/c1-24(2)21-26-13-9-10-14-27(26)22-32-29(35)33-31(28-15-7-4-8-16-28)17-19-34(20-18-31)30(36)37-23-25-11-5-3-6-12-25/h3-16,21H,17-20,22-23H2,1-2H3,(H2,32,33,35). The lowest BCUT2D eigenvalue weighted by Crippen LogP contribution is -2.56. The molecule has 3 aromatic carbocycles. The number of urea groups is 1. The van der Waals surface area contributed by atoms with Gasteiger partial charge < -0.3 is 20.3 Å². The first-order valence-electron chi connectivity index (χ1n) is 12.8. The van der Waals surface area contributed by atoms with Crippen molar-refractivity contribution in [3.8, 4) is 0 Å². The van der Waals surface area contributed by atoms with E-state index in [0.717, 1.165) is 22.3 Å². The van der Waals surface area contributed by atoms with Crippen LogP contribution >= 0.6 is 0 Å². The van der Waals surface area contributed by atoms with Crippen LogP contribution in [-0.4, -0.2) is 30.1 Å². The molecule has 4 rings (SSSR count). The van der Waals surface area contributed by atoms with Crippen LogP contribution in [0.5, 0.6) is 0 Å². The largest absolute Gasteiger partial charge is 0.445 e. The number of carbonyl (C=O) groups is 2. The first-order chi connectivity index (χ1) is 17.9. The third-order valence-corrected chi connectivity index (χ3v) is 6.70. The summed E-state index contributed by atoms with van der Waals surface area (Å²) in [6, 6.07) is 27.5. The Morgan fingerprint density at radius 3 is 2.19 bits per heavy atom. The molecule has 0 aliphatic carbocycles. The van der Waals surface area contributed by atoms with E-state index in [1.54, 1.807) is 4.90 Å². The second-order valence-corrected chi connectivity index (χ2v) is 9.70. The van der Waals surface area contributed by atoms with Gasteiger partial charge in [-0.05, 0) is 48.9 Å². The van der Waals surface area contributed by atoms with Gasteiger partial charge in [-0.1, -0.05) is 96.6 Å². The quantitative estimate of drug-likeness (QED) is 0.406. The minimum absolute atomic E-state index is 0.226. The van der Waals surface area contributed by atoms with Gasteiger partial charge in [-0.2, -0.15) is 0 Å². The van der Waals surface area contributed by atoms with Gasteiger partial charge in [0.1, 0.15) is 6.61 Å². The number of ether oxygens (including phenoxy) is 1. The van der Waals surface area contributed by atoms with Gasteiger partial charge in [0.15, 0.2) is 0 Å².